The third-order valence-electron chi connectivity index (χ3n) is 6.83. The Morgan fingerprint density at radius 3 is 2.68 bits per heavy atom. The second kappa shape index (κ2) is 11.6. The number of likely N-dealkylation sites (tertiary alicyclic amines) is 1. The highest BCUT2D eigenvalue weighted by molar-refractivity contribution is 6.04. The molecular formula is C29H33FN6O. The maximum atomic E-state index is 13.3. The molecule has 0 aliphatic carbocycles. The Bertz CT molecular complexity index is 1350. The van der Waals surface area contributed by atoms with Crippen molar-refractivity contribution in [3.8, 4) is 17.9 Å². The van der Waals surface area contributed by atoms with Crippen LogP contribution in [0, 0.1) is 23.2 Å². The zero-order valence-electron chi connectivity index (χ0n) is 21.6. The van der Waals surface area contributed by atoms with Crippen LogP contribution < -0.4 is 10.6 Å². The van der Waals surface area contributed by atoms with Crippen LogP contribution >= 0.6 is 0 Å². The van der Waals surface area contributed by atoms with Gasteiger partial charge in [-0.1, -0.05) is 6.07 Å². The Morgan fingerprint density at radius 2 is 2.00 bits per heavy atom. The first-order valence-corrected chi connectivity index (χ1v) is 12.6. The summed E-state index contributed by atoms with van der Waals surface area (Å²) in [6.07, 6.45) is 3.80. The van der Waals surface area contributed by atoms with E-state index in [1.54, 1.807) is 26.0 Å². The van der Waals surface area contributed by atoms with Gasteiger partial charge in [0.05, 0.1) is 41.3 Å². The summed E-state index contributed by atoms with van der Waals surface area (Å²) >= 11 is 0. The van der Waals surface area contributed by atoms with Gasteiger partial charge in [0.1, 0.15) is 6.67 Å². The van der Waals surface area contributed by atoms with E-state index in [1.165, 1.54) is 6.20 Å². The fourth-order valence-electron chi connectivity index (χ4n) is 4.51. The molecule has 2 aromatic heterocycles. The Kier molecular flexibility index (Phi) is 8.23. The number of carbonyl (C=O) groups excluding carboxylic acids is 1. The summed E-state index contributed by atoms with van der Waals surface area (Å²) < 4.78 is 15.1. The Hall–Kier alpha value is -3.72. The van der Waals surface area contributed by atoms with Crippen LogP contribution in [0.2, 0.25) is 0 Å². The fraction of sp³-hybridized carbons (Fsp3) is 0.414. The molecule has 1 aliphatic rings. The monoisotopic (exact) mass is 500 g/mol. The number of aryl methyl sites for hydroxylation is 1. The van der Waals surface area contributed by atoms with Crippen molar-refractivity contribution in [3.63, 3.8) is 0 Å². The molecule has 7 nitrogen and oxygen atoms in total. The molecular weight excluding hydrogens is 467 g/mol. The van der Waals surface area contributed by atoms with Crippen LogP contribution in [0.25, 0.3) is 10.9 Å². The summed E-state index contributed by atoms with van der Waals surface area (Å²) in [5.41, 5.74) is 3.04. The minimum absolute atomic E-state index is 0.169. The number of hydrogen-bond acceptors (Lipinski definition) is 5. The van der Waals surface area contributed by atoms with Gasteiger partial charge in [-0.3, -0.25) is 9.78 Å². The molecule has 1 aliphatic heterocycles. The molecule has 8 heteroatoms. The van der Waals surface area contributed by atoms with Crippen LogP contribution in [-0.2, 0) is 23.3 Å². The number of benzene rings is 1. The second-order valence-corrected chi connectivity index (χ2v) is 10.1. The van der Waals surface area contributed by atoms with Gasteiger partial charge in [-0.05, 0) is 88.6 Å². The molecule has 0 saturated carbocycles. The van der Waals surface area contributed by atoms with Crippen LogP contribution in [0.5, 0.6) is 0 Å². The highest BCUT2D eigenvalue weighted by Gasteiger charge is 2.21. The lowest BCUT2D eigenvalue weighted by Crippen LogP contribution is -2.40. The van der Waals surface area contributed by atoms with Crippen LogP contribution in [0.4, 0.5) is 10.1 Å². The van der Waals surface area contributed by atoms with Crippen molar-refractivity contribution in [1.29, 1.82) is 5.26 Å². The third-order valence-corrected chi connectivity index (χ3v) is 6.83. The predicted molar refractivity (Wildman–Crippen MR) is 144 cm³/mol. The molecule has 0 bridgehead atoms. The molecule has 37 heavy (non-hydrogen) atoms. The lowest BCUT2D eigenvalue weighted by atomic mass is 9.91. The van der Waals surface area contributed by atoms with Crippen molar-refractivity contribution in [2.24, 2.45) is 0 Å². The number of halogens is 1. The lowest BCUT2D eigenvalue weighted by Gasteiger charge is -2.29. The molecule has 3 aromatic rings. The predicted octanol–water partition coefficient (Wildman–Crippen LogP) is 3.98. The van der Waals surface area contributed by atoms with Crippen LogP contribution in [-0.4, -0.2) is 53.2 Å². The molecule has 1 amide bonds. The number of hydrogen-bond donors (Lipinski definition) is 2. The van der Waals surface area contributed by atoms with Gasteiger partial charge in [0, 0.05) is 29.4 Å². The van der Waals surface area contributed by atoms with Gasteiger partial charge in [-0.2, -0.15) is 5.26 Å². The first kappa shape index (κ1) is 26.3. The van der Waals surface area contributed by atoms with Gasteiger partial charge in [0.15, 0.2) is 0 Å². The molecule has 0 unspecified atom stereocenters. The summed E-state index contributed by atoms with van der Waals surface area (Å²) in [6, 6.07) is 14.2. The second-order valence-electron chi connectivity index (χ2n) is 10.1. The maximum absolute atomic E-state index is 13.3. The Balaban J connectivity index is 1.46. The van der Waals surface area contributed by atoms with Crippen LogP contribution in [0.15, 0.2) is 42.6 Å². The molecule has 3 heterocycles. The summed E-state index contributed by atoms with van der Waals surface area (Å²) in [5.74, 6) is 5.03. The number of carbonyl (C=O) groups is 1. The largest absolute Gasteiger partial charge is 0.331 e. The minimum Gasteiger partial charge on any atom is -0.331 e. The number of alkyl halides is 1. The number of aromatic nitrogens is 2. The number of rotatable bonds is 7. The van der Waals surface area contributed by atoms with Crippen molar-refractivity contribution in [3.05, 3.63) is 59.5 Å². The average Bonchev–Trinajstić information content (AvgIpc) is 3.24. The zero-order chi connectivity index (χ0) is 26.4. The number of piperidine rings is 1. The number of fused-ring (bicyclic) bond motifs is 1. The molecule has 1 fully saturated rings. The van der Waals surface area contributed by atoms with Gasteiger partial charge < -0.3 is 20.1 Å². The Labute approximate surface area is 217 Å². The molecule has 1 saturated heterocycles. The number of pyridine rings is 1. The van der Waals surface area contributed by atoms with E-state index in [9.17, 15) is 14.4 Å². The molecule has 1 aromatic carbocycles. The van der Waals surface area contributed by atoms with Gasteiger partial charge in [0.25, 0.3) is 0 Å². The molecule has 0 atom stereocenters. The van der Waals surface area contributed by atoms with Gasteiger partial charge in [-0.15, -0.1) is 0 Å². The van der Waals surface area contributed by atoms with Gasteiger partial charge in [0.2, 0.25) is 0 Å². The Morgan fingerprint density at radius 1 is 1.22 bits per heavy atom. The number of nitrogens with zero attached hydrogens (tertiary/aromatic N) is 4. The normalized spacial score (nSPS) is 14.7. The highest BCUT2D eigenvalue weighted by Crippen LogP contribution is 2.23. The van der Waals surface area contributed by atoms with E-state index in [0.717, 1.165) is 48.9 Å². The number of anilines is 1. The topological polar surface area (TPSA) is 86.0 Å². The SMILES string of the molecule is CN1CCC(NCc2ccc3c(c2)cc(C#CC(=O)Nc2ccc(C(C)(C)C#N)nc2)n3CCF)CC1. The average molecular weight is 501 g/mol. The number of amides is 1. The molecule has 192 valence electrons. The maximum Gasteiger partial charge on any atom is 0.300 e. The first-order chi connectivity index (χ1) is 17.8. The number of nitriles is 1. The molecule has 4 rings (SSSR count). The highest BCUT2D eigenvalue weighted by atomic mass is 19.1. The van der Waals surface area contributed by atoms with Crippen molar-refractivity contribution < 1.29 is 9.18 Å². The van der Waals surface area contributed by atoms with E-state index in [0.29, 0.717) is 23.1 Å². The van der Waals surface area contributed by atoms with Crippen molar-refractivity contribution in [2.75, 3.05) is 32.1 Å². The van der Waals surface area contributed by atoms with E-state index in [2.05, 4.69) is 57.6 Å². The van der Waals surface area contributed by atoms with Gasteiger partial charge in [-0.25, -0.2) is 4.39 Å². The van der Waals surface area contributed by atoms with E-state index in [-0.39, 0.29) is 6.54 Å². The van der Waals surface area contributed by atoms with Crippen molar-refractivity contribution in [2.45, 2.75) is 51.2 Å². The minimum atomic E-state index is -0.713. The summed E-state index contributed by atoms with van der Waals surface area (Å²) in [4.78, 5) is 19.1. The van der Waals surface area contributed by atoms with Gasteiger partial charge >= 0.3 is 5.91 Å². The fourth-order valence-corrected chi connectivity index (χ4v) is 4.51. The summed E-state index contributed by atoms with van der Waals surface area (Å²) in [7, 11) is 2.16. The van der Waals surface area contributed by atoms with E-state index < -0.39 is 18.0 Å². The first-order valence-electron chi connectivity index (χ1n) is 12.6. The van der Waals surface area contributed by atoms with E-state index >= 15 is 0 Å². The smallest absolute Gasteiger partial charge is 0.300 e. The lowest BCUT2D eigenvalue weighted by molar-refractivity contribution is -0.111. The third kappa shape index (κ3) is 6.54. The van der Waals surface area contributed by atoms with Crippen LogP contribution in [0.1, 0.15) is 43.6 Å². The number of nitrogens with one attached hydrogen (secondary N) is 2. The quantitative estimate of drug-likeness (QED) is 0.480. The zero-order valence-corrected chi connectivity index (χ0v) is 21.6. The standard InChI is InChI=1S/C29H33FN6O/c1-29(2,20-31)27-8-5-24(19-33-27)34-28(37)9-6-25-17-22-16-21(4-7-26(22)36(25)15-12-30)18-32-23-10-13-35(3)14-11-23/h4-5,7-8,16-17,19,23,32H,10-15,18H2,1-3H3,(H,34,37). The van der Waals surface area contributed by atoms with E-state index in [4.69, 9.17) is 0 Å². The molecule has 0 spiro atoms. The molecule has 0 radical (unpaired) electrons. The van der Waals surface area contributed by atoms with Crippen molar-refractivity contribution in [1.82, 2.24) is 19.8 Å². The molecule has 2 N–H and O–H groups in total. The van der Waals surface area contributed by atoms with Crippen molar-refractivity contribution >= 4 is 22.5 Å². The summed E-state index contributed by atoms with van der Waals surface area (Å²) in [6.45, 7) is 6.21. The van der Waals surface area contributed by atoms with E-state index in [1.807, 2.05) is 16.7 Å². The summed E-state index contributed by atoms with van der Waals surface area (Å²) in [5, 5.41) is 16.6. The van der Waals surface area contributed by atoms with Crippen LogP contribution in [0.3, 0.4) is 0 Å².